The van der Waals surface area contributed by atoms with Crippen molar-refractivity contribution in [2.75, 3.05) is 5.73 Å². The lowest BCUT2D eigenvalue weighted by atomic mass is 10.1. The van der Waals surface area contributed by atoms with Gasteiger partial charge in [0.25, 0.3) is 11.8 Å². The van der Waals surface area contributed by atoms with Crippen molar-refractivity contribution in [3.63, 3.8) is 0 Å². The third kappa shape index (κ3) is 2.24. The summed E-state index contributed by atoms with van der Waals surface area (Å²) >= 11 is 4.04. The van der Waals surface area contributed by atoms with Gasteiger partial charge in [-0.2, -0.15) is 0 Å². The molecule has 0 fully saturated rings. The van der Waals surface area contributed by atoms with Crippen LogP contribution in [0.4, 0.5) is 5.69 Å². The molecule has 86 valence electrons. The van der Waals surface area contributed by atoms with Gasteiger partial charge in [-0.25, -0.2) is 11.7 Å². The van der Waals surface area contributed by atoms with Crippen LogP contribution < -0.4 is 28.3 Å². The van der Waals surface area contributed by atoms with Crippen LogP contribution in [0.2, 0.25) is 0 Å². The molecule has 0 atom stereocenters. The van der Waals surface area contributed by atoms with Crippen LogP contribution in [0.25, 0.3) is 0 Å². The molecule has 0 aromatic heterocycles. The maximum atomic E-state index is 11.4. The minimum atomic E-state index is -0.640. The molecule has 7 nitrogen and oxygen atoms in total. The highest BCUT2D eigenvalue weighted by Gasteiger charge is 2.17. The first-order chi connectivity index (χ1) is 7.51. The quantitative estimate of drug-likeness (QED) is 0.127. The average Bonchev–Trinajstić information content (AvgIpc) is 2.30. The highest BCUT2D eigenvalue weighted by molar-refractivity contribution is 7.80. The molecule has 8 heteroatoms. The van der Waals surface area contributed by atoms with E-state index in [2.05, 4.69) is 12.6 Å². The number of nitrogens with one attached hydrogen (secondary N) is 2. The summed E-state index contributed by atoms with van der Waals surface area (Å²) in [4.78, 5) is 23.1. The number of hydrazine groups is 2. The molecule has 8 N–H and O–H groups in total. The molecule has 0 bridgehead atoms. The van der Waals surface area contributed by atoms with Crippen LogP contribution in [0, 0.1) is 0 Å². The zero-order valence-corrected chi connectivity index (χ0v) is 9.04. The van der Waals surface area contributed by atoms with E-state index in [4.69, 9.17) is 17.4 Å². The predicted molar refractivity (Wildman–Crippen MR) is 61.4 cm³/mol. The first kappa shape index (κ1) is 12.3. The van der Waals surface area contributed by atoms with Crippen LogP contribution in [0.3, 0.4) is 0 Å². The van der Waals surface area contributed by atoms with Gasteiger partial charge in [0.05, 0.1) is 11.1 Å². The molecule has 2 amide bonds. The van der Waals surface area contributed by atoms with Crippen molar-refractivity contribution in [2.45, 2.75) is 4.90 Å². The van der Waals surface area contributed by atoms with Gasteiger partial charge in [-0.05, 0) is 12.1 Å². The molecule has 1 aromatic rings. The minimum Gasteiger partial charge on any atom is -0.398 e. The molecule has 1 rings (SSSR count). The number of carbonyl (C=O) groups is 2. The molecule has 0 saturated carbocycles. The Bertz CT molecular complexity index is 407. The molecule has 0 saturated heterocycles. The smallest absolute Gasteiger partial charge is 0.266 e. The molecule has 1 aromatic carbocycles. The Kier molecular flexibility index (Phi) is 3.72. The summed E-state index contributed by atoms with van der Waals surface area (Å²) in [6.07, 6.45) is 0. The summed E-state index contributed by atoms with van der Waals surface area (Å²) in [5.41, 5.74) is 9.72. The monoisotopic (exact) mass is 241 g/mol. The van der Waals surface area contributed by atoms with E-state index in [0.29, 0.717) is 4.90 Å². The fraction of sp³-hybridized carbons (Fsp3) is 0. The van der Waals surface area contributed by atoms with E-state index in [0.717, 1.165) is 0 Å². The first-order valence-corrected chi connectivity index (χ1v) is 4.60. The number of thiol groups is 1. The largest absolute Gasteiger partial charge is 0.398 e. The standard InChI is InChI=1S/C8H11N5O2S/c9-5-1-3(7(14)12-10)4(2-6(5)16)8(15)13-11/h1-2,16H,9-11H2,(H,12,14)(H,13,15). The second-order valence-electron chi connectivity index (χ2n) is 2.90. The highest BCUT2D eigenvalue weighted by atomic mass is 32.1. The van der Waals surface area contributed by atoms with Crippen molar-refractivity contribution in [2.24, 2.45) is 11.7 Å². The lowest BCUT2D eigenvalue weighted by molar-refractivity contribution is 0.0919. The molecule has 0 heterocycles. The number of carbonyl (C=O) groups excluding carboxylic acids is 2. The van der Waals surface area contributed by atoms with Gasteiger partial charge in [-0.3, -0.25) is 20.4 Å². The topological polar surface area (TPSA) is 136 Å². The van der Waals surface area contributed by atoms with E-state index >= 15 is 0 Å². The van der Waals surface area contributed by atoms with Crippen LogP contribution in [0.15, 0.2) is 17.0 Å². The summed E-state index contributed by atoms with van der Waals surface area (Å²) in [5.74, 6) is 8.69. The van der Waals surface area contributed by atoms with Gasteiger partial charge in [-0.1, -0.05) is 0 Å². The number of hydrogen-bond donors (Lipinski definition) is 6. The Labute approximate surface area is 96.7 Å². The van der Waals surface area contributed by atoms with Gasteiger partial charge in [0.2, 0.25) is 0 Å². The van der Waals surface area contributed by atoms with Gasteiger partial charge in [-0.15, -0.1) is 12.6 Å². The van der Waals surface area contributed by atoms with Crippen LogP contribution in [-0.4, -0.2) is 11.8 Å². The van der Waals surface area contributed by atoms with E-state index in [9.17, 15) is 9.59 Å². The predicted octanol–water partition coefficient (Wildman–Crippen LogP) is -1.24. The third-order valence-corrected chi connectivity index (χ3v) is 2.31. The Morgan fingerprint density at radius 1 is 1.06 bits per heavy atom. The number of nitrogen functional groups attached to an aromatic ring is 3. The molecule has 16 heavy (non-hydrogen) atoms. The summed E-state index contributed by atoms with van der Waals surface area (Å²) in [5, 5.41) is 0. The highest BCUT2D eigenvalue weighted by Crippen LogP contribution is 2.22. The molecule has 0 unspecified atom stereocenters. The average molecular weight is 241 g/mol. The fourth-order valence-electron chi connectivity index (χ4n) is 1.14. The van der Waals surface area contributed by atoms with Crippen molar-refractivity contribution < 1.29 is 9.59 Å². The van der Waals surface area contributed by atoms with E-state index in [1.54, 1.807) is 0 Å². The third-order valence-electron chi connectivity index (χ3n) is 1.92. The van der Waals surface area contributed by atoms with Crippen LogP contribution in [0.5, 0.6) is 0 Å². The van der Waals surface area contributed by atoms with Crippen molar-refractivity contribution in [3.8, 4) is 0 Å². The Balaban J connectivity index is 3.38. The van der Waals surface area contributed by atoms with Crippen LogP contribution in [-0.2, 0) is 0 Å². The van der Waals surface area contributed by atoms with Gasteiger partial charge < -0.3 is 5.73 Å². The normalized spacial score (nSPS) is 9.69. The molecule has 0 spiro atoms. The zero-order chi connectivity index (χ0) is 12.3. The van der Waals surface area contributed by atoms with Gasteiger partial charge in [0.1, 0.15) is 0 Å². The van der Waals surface area contributed by atoms with Crippen molar-refractivity contribution in [1.82, 2.24) is 10.9 Å². The Morgan fingerprint density at radius 3 is 1.94 bits per heavy atom. The number of benzene rings is 1. The lowest BCUT2D eigenvalue weighted by Gasteiger charge is -2.09. The van der Waals surface area contributed by atoms with E-state index in [1.165, 1.54) is 12.1 Å². The molecular weight excluding hydrogens is 230 g/mol. The molecular formula is C8H11N5O2S. The van der Waals surface area contributed by atoms with Crippen molar-refractivity contribution in [1.29, 1.82) is 0 Å². The maximum absolute atomic E-state index is 11.4. The number of amides is 2. The molecule has 0 aliphatic rings. The lowest BCUT2D eigenvalue weighted by Crippen LogP contribution is -2.35. The second-order valence-corrected chi connectivity index (χ2v) is 3.39. The number of rotatable bonds is 2. The molecule has 0 radical (unpaired) electrons. The Morgan fingerprint density at radius 2 is 1.50 bits per heavy atom. The number of nitrogens with two attached hydrogens (primary N) is 3. The van der Waals surface area contributed by atoms with Gasteiger partial charge >= 0.3 is 0 Å². The van der Waals surface area contributed by atoms with Crippen LogP contribution in [0.1, 0.15) is 20.7 Å². The number of anilines is 1. The van der Waals surface area contributed by atoms with E-state index in [1.807, 2.05) is 10.9 Å². The van der Waals surface area contributed by atoms with E-state index in [-0.39, 0.29) is 16.8 Å². The Hall–Kier alpha value is -1.77. The van der Waals surface area contributed by atoms with Gasteiger partial charge in [0, 0.05) is 10.6 Å². The second kappa shape index (κ2) is 4.84. The minimum absolute atomic E-state index is 0.0285. The summed E-state index contributed by atoms with van der Waals surface area (Å²) in [7, 11) is 0. The van der Waals surface area contributed by atoms with E-state index < -0.39 is 11.8 Å². The fourth-order valence-corrected chi connectivity index (χ4v) is 1.33. The summed E-state index contributed by atoms with van der Waals surface area (Å²) in [6.45, 7) is 0. The zero-order valence-electron chi connectivity index (χ0n) is 8.15. The summed E-state index contributed by atoms with van der Waals surface area (Å²) in [6, 6.07) is 2.64. The molecule has 0 aliphatic carbocycles. The SMILES string of the molecule is NNC(=O)c1cc(N)c(S)cc1C(=O)NN. The number of hydrogen-bond acceptors (Lipinski definition) is 6. The van der Waals surface area contributed by atoms with Gasteiger partial charge in [0.15, 0.2) is 0 Å². The maximum Gasteiger partial charge on any atom is 0.266 e. The first-order valence-electron chi connectivity index (χ1n) is 4.15. The van der Waals surface area contributed by atoms with Crippen molar-refractivity contribution in [3.05, 3.63) is 23.3 Å². The van der Waals surface area contributed by atoms with Crippen LogP contribution >= 0.6 is 12.6 Å². The summed E-state index contributed by atoms with van der Waals surface area (Å²) < 4.78 is 0. The van der Waals surface area contributed by atoms with Crippen molar-refractivity contribution >= 4 is 30.1 Å². The molecule has 0 aliphatic heterocycles.